The molecule has 422 valence electrons. The van der Waals surface area contributed by atoms with Gasteiger partial charge in [-0.25, -0.2) is 0 Å². The van der Waals surface area contributed by atoms with E-state index < -0.39 is 6.10 Å². The second-order valence-corrected chi connectivity index (χ2v) is 22.4. The Morgan fingerprint density at radius 1 is 0.225 bits per heavy atom. The van der Waals surface area contributed by atoms with Crippen molar-refractivity contribution in [3.05, 3.63) is 0 Å². The Morgan fingerprint density at radius 3 is 0.563 bits per heavy atom. The molecule has 0 bridgehead atoms. The Kier molecular flexibility index (Phi) is 59.6. The van der Waals surface area contributed by atoms with E-state index in [1.807, 2.05) is 0 Å². The Labute approximate surface area is 444 Å². The summed E-state index contributed by atoms with van der Waals surface area (Å²) in [5.41, 5.74) is 0. The maximum atomic E-state index is 12.8. The average molecular weight is 1000 g/mol. The summed E-state index contributed by atoms with van der Waals surface area (Å²) in [6.07, 6.45) is 70.3. The number of hydrogen-bond donors (Lipinski definition) is 0. The van der Waals surface area contributed by atoms with Crippen molar-refractivity contribution < 1.29 is 28.6 Å². The highest BCUT2D eigenvalue weighted by atomic mass is 16.6. The molecule has 0 amide bonds. The topological polar surface area (TPSA) is 78.9 Å². The van der Waals surface area contributed by atoms with E-state index in [9.17, 15) is 14.4 Å². The number of esters is 3. The molecule has 0 aromatic rings. The maximum Gasteiger partial charge on any atom is 0.306 e. The summed E-state index contributed by atoms with van der Waals surface area (Å²) in [5.74, 6) is -0.842. The lowest BCUT2D eigenvalue weighted by molar-refractivity contribution is -0.167. The lowest BCUT2D eigenvalue weighted by atomic mass is 10.0. The van der Waals surface area contributed by atoms with E-state index in [2.05, 4.69) is 20.8 Å². The first-order valence-corrected chi connectivity index (χ1v) is 32.5. The van der Waals surface area contributed by atoms with Gasteiger partial charge in [0.25, 0.3) is 0 Å². The predicted octanol–water partition coefficient (Wildman–Crippen LogP) is 21.9. The van der Waals surface area contributed by atoms with E-state index >= 15 is 0 Å². The van der Waals surface area contributed by atoms with Gasteiger partial charge in [0.1, 0.15) is 13.2 Å². The third-order valence-corrected chi connectivity index (χ3v) is 15.1. The van der Waals surface area contributed by atoms with Crippen molar-refractivity contribution in [2.75, 3.05) is 13.2 Å². The van der Waals surface area contributed by atoms with E-state index in [1.54, 1.807) is 0 Å². The second kappa shape index (κ2) is 61.0. The van der Waals surface area contributed by atoms with Gasteiger partial charge in [0.05, 0.1) is 0 Å². The van der Waals surface area contributed by atoms with Crippen LogP contribution in [0.3, 0.4) is 0 Å². The fraction of sp³-hybridized carbons (Fsp3) is 0.954. The van der Waals surface area contributed by atoms with Crippen molar-refractivity contribution in [1.29, 1.82) is 0 Å². The fourth-order valence-electron chi connectivity index (χ4n) is 10.2. The molecular formula is C65H126O6. The van der Waals surface area contributed by atoms with Gasteiger partial charge in [-0.15, -0.1) is 0 Å². The lowest BCUT2D eigenvalue weighted by Crippen LogP contribution is -2.30. The zero-order valence-electron chi connectivity index (χ0n) is 48.5. The molecule has 1 unspecified atom stereocenters. The zero-order valence-corrected chi connectivity index (χ0v) is 48.5. The standard InChI is InChI=1S/C65H126O6/c1-4-7-10-13-16-19-21-22-23-24-25-26-27-28-29-30-31-32-33-34-35-36-37-38-39-40-41-42-43-45-46-49-52-55-58-64(67)70-61-62(60-69-63(66)57-54-51-48-18-15-12-9-6-3)71-65(68)59-56-53-50-47-44-20-17-14-11-8-5-2/h62H,4-61H2,1-3H3. The van der Waals surface area contributed by atoms with Gasteiger partial charge in [0, 0.05) is 19.3 Å². The summed E-state index contributed by atoms with van der Waals surface area (Å²) in [7, 11) is 0. The van der Waals surface area contributed by atoms with Crippen LogP contribution in [0.2, 0.25) is 0 Å². The molecule has 71 heavy (non-hydrogen) atoms. The van der Waals surface area contributed by atoms with Crippen LogP contribution in [0.25, 0.3) is 0 Å². The van der Waals surface area contributed by atoms with Gasteiger partial charge < -0.3 is 14.2 Å². The summed E-state index contributed by atoms with van der Waals surface area (Å²) in [4.78, 5) is 37.9. The highest BCUT2D eigenvalue weighted by Crippen LogP contribution is 2.19. The predicted molar refractivity (Wildman–Crippen MR) is 307 cm³/mol. The van der Waals surface area contributed by atoms with Gasteiger partial charge in [0.2, 0.25) is 0 Å². The van der Waals surface area contributed by atoms with E-state index in [-0.39, 0.29) is 31.1 Å². The van der Waals surface area contributed by atoms with Crippen molar-refractivity contribution in [2.45, 2.75) is 386 Å². The molecule has 0 radical (unpaired) electrons. The van der Waals surface area contributed by atoms with Crippen LogP contribution in [-0.4, -0.2) is 37.2 Å². The third kappa shape index (κ3) is 59.2. The molecule has 1 atom stereocenters. The molecule has 6 nitrogen and oxygen atoms in total. The van der Waals surface area contributed by atoms with E-state index in [1.165, 1.54) is 283 Å². The zero-order chi connectivity index (χ0) is 51.4. The first-order chi connectivity index (χ1) is 35.0. The number of hydrogen-bond acceptors (Lipinski definition) is 6. The molecule has 0 fully saturated rings. The molecule has 0 heterocycles. The van der Waals surface area contributed by atoms with Gasteiger partial charge >= 0.3 is 17.9 Å². The van der Waals surface area contributed by atoms with Gasteiger partial charge in [-0.3, -0.25) is 14.4 Å². The van der Waals surface area contributed by atoms with Gasteiger partial charge in [-0.2, -0.15) is 0 Å². The number of rotatable bonds is 61. The molecule has 0 spiro atoms. The van der Waals surface area contributed by atoms with Crippen LogP contribution in [0.4, 0.5) is 0 Å². The van der Waals surface area contributed by atoms with Crippen LogP contribution < -0.4 is 0 Å². The molecule has 6 heteroatoms. The summed E-state index contributed by atoms with van der Waals surface area (Å²) in [5, 5.41) is 0. The van der Waals surface area contributed by atoms with Gasteiger partial charge in [-0.05, 0) is 19.3 Å². The third-order valence-electron chi connectivity index (χ3n) is 15.1. The smallest absolute Gasteiger partial charge is 0.306 e. The quantitative estimate of drug-likeness (QED) is 0.0343. The van der Waals surface area contributed by atoms with Crippen molar-refractivity contribution in [3.63, 3.8) is 0 Å². The summed E-state index contributed by atoms with van der Waals surface area (Å²) >= 11 is 0. The molecule has 0 saturated heterocycles. The summed E-state index contributed by atoms with van der Waals surface area (Å²) < 4.78 is 16.8. The second-order valence-electron chi connectivity index (χ2n) is 22.4. The molecule has 0 aromatic heterocycles. The number of carbonyl (C=O) groups is 3. The largest absolute Gasteiger partial charge is 0.462 e. The van der Waals surface area contributed by atoms with E-state index in [0.717, 1.165) is 57.8 Å². The summed E-state index contributed by atoms with van der Waals surface area (Å²) in [6.45, 7) is 6.67. The molecule has 0 aliphatic heterocycles. The van der Waals surface area contributed by atoms with Crippen molar-refractivity contribution in [2.24, 2.45) is 0 Å². The SMILES string of the molecule is CCCCCCCCCCCCCCCCCCCCCCCCCCCCCCCCCCCCC(=O)OCC(COC(=O)CCCCCCCCCC)OC(=O)CCCCCCCCCCCCC. The lowest BCUT2D eigenvalue weighted by Gasteiger charge is -2.18. The van der Waals surface area contributed by atoms with Crippen LogP contribution >= 0.6 is 0 Å². The van der Waals surface area contributed by atoms with Crippen LogP contribution in [0.1, 0.15) is 380 Å². The Balaban J connectivity index is 3.85. The van der Waals surface area contributed by atoms with Crippen LogP contribution in [0.5, 0.6) is 0 Å². The van der Waals surface area contributed by atoms with E-state index in [0.29, 0.717) is 19.3 Å². The highest BCUT2D eigenvalue weighted by Gasteiger charge is 2.19. The van der Waals surface area contributed by atoms with Crippen molar-refractivity contribution in [1.82, 2.24) is 0 Å². The first-order valence-electron chi connectivity index (χ1n) is 32.5. The van der Waals surface area contributed by atoms with Gasteiger partial charge in [-0.1, -0.05) is 342 Å². The number of unbranched alkanes of at least 4 members (excludes halogenated alkanes) is 50. The van der Waals surface area contributed by atoms with E-state index in [4.69, 9.17) is 14.2 Å². The minimum atomic E-state index is -0.760. The minimum Gasteiger partial charge on any atom is -0.462 e. The van der Waals surface area contributed by atoms with Crippen LogP contribution in [-0.2, 0) is 28.6 Å². The van der Waals surface area contributed by atoms with Crippen LogP contribution in [0, 0.1) is 0 Å². The monoisotopic (exact) mass is 1000 g/mol. The van der Waals surface area contributed by atoms with Gasteiger partial charge in [0.15, 0.2) is 6.10 Å². The normalized spacial score (nSPS) is 11.9. The molecule has 0 aromatic carbocycles. The minimum absolute atomic E-state index is 0.0620. The number of ether oxygens (including phenoxy) is 3. The molecule has 0 aliphatic rings. The highest BCUT2D eigenvalue weighted by molar-refractivity contribution is 5.71. The molecule has 0 aliphatic carbocycles. The maximum absolute atomic E-state index is 12.8. The molecule has 0 N–H and O–H groups in total. The molecular weight excluding hydrogens is 877 g/mol. The van der Waals surface area contributed by atoms with Crippen LogP contribution in [0.15, 0.2) is 0 Å². The Bertz CT molecular complexity index is 1060. The Morgan fingerprint density at radius 2 is 0.380 bits per heavy atom. The molecule has 0 rings (SSSR count). The first kappa shape index (κ1) is 69.4. The summed E-state index contributed by atoms with van der Waals surface area (Å²) in [6, 6.07) is 0. The Hall–Kier alpha value is -1.59. The van der Waals surface area contributed by atoms with Crippen molar-refractivity contribution >= 4 is 17.9 Å². The fourth-order valence-corrected chi connectivity index (χ4v) is 10.2. The molecule has 0 saturated carbocycles. The average Bonchev–Trinajstić information content (AvgIpc) is 3.37. The number of carbonyl (C=O) groups excluding carboxylic acids is 3. The van der Waals surface area contributed by atoms with Crippen molar-refractivity contribution in [3.8, 4) is 0 Å².